The van der Waals surface area contributed by atoms with Crippen LogP contribution in [0.3, 0.4) is 0 Å². The molecule has 16 heavy (non-hydrogen) atoms. The fourth-order valence-corrected chi connectivity index (χ4v) is 1.36. The second kappa shape index (κ2) is 5.55. The van der Waals surface area contributed by atoms with Crippen molar-refractivity contribution < 1.29 is 9.90 Å². The van der Waals surface area contributed by atoms with Crippen LogP contribution >= 0.6 is 0 Å². The van der Waals surface area contributed by atoms with Crippen LogP contribution in [0.1, 0.15) is 25.4 Å². The smallest absolute Gasteiger partial charge is 0.320 e. The number of aliphatic carboxylic acids is 1. The van der Waals surface area contributed by atoms with Gasteiger partial charge in [0.1, 0.15) is 11.9 Å². The maximum atomic E-state index is 10.6. The summed E-state index contributed by atoms with van der Waals surface area (Å²) in [6.07, 6.45) is 2.67. The first-order valence-corrected chi connectivity index (χ1v) is 5.28. The van der Waals surface area contributed by atoms with E-state index in [1.54, 1.807) is 6.20 Å². The largest absolute Gasteiger partial charge is 0.480 e. The van der Waals surface area contributed by atoms with E-state index in [1.807, 2.05) is 6.07 Å². The highest BCUT2D eigenvalue weighted by Gasteiger charge is 2.14. The van der Waals surface area contributed by atoms with Crippen LogP contribution in [0.25, 0.3) is 0 Å². The minimum Gasteiger partial charge on any atom is -0.480 e. The third-order valence-electron chi connectivity index (χ3n) is 2.10. The van der Waals surface area contributed by atoms with Crippen molar-refractivity contribution >= 4 is 5.97 Å². The lowest BCUT2D eigenvalue weighted by Gasteiger charge is -2.07. The molecule has 0 aromatic carbocycles. The molecule has 1 heterocycles. The second-order valence-corrected chi connectivity index (χ2v) is 4.21. The van der Waals surface area contributed by atoms with Crippen LogP contribution in [0.5, 0.6) is 0 Å². The number of nitrogens with zero attached hydrogens (tertiary/aromatic N) is 2. The van der Waals surface area contributed by atoms with Crippen LogP contribution in [0.15, 0.2) is 12.3 Å². The van der Waals surface area contributed by atoms with Gasteiger partial charge in [0.25, 0.3) is 0 Å². The molecule has 1 atom stereocenters. The summed E-state index contributed by atoms with van der Waals surface area (Å²) < 4.78 is 0. The average molecular weight is 223 g/mol. The Kier molecular flexibility index (Phi) is 4.37. The number of aromatic nitrogens is 2. The van der Waals surface area contributed by atoms with E-state index in [0.717, 1.165) is 12.1 Å². The summed E-state index contributed by atoms with van der Waals surface area (Å²) in [4.78, 5) is 18.9. The Hall–Kier alpha value is -1.49. The molecular weight excluding hydrogens is 206 g/mol. The zero-order chi connectivity index (χ0) is 12.1. The average Bonchev–Trinajstić information content (AvgIpc) is 2.16. The first-order valence-electron chi connectivity index (χ1n) is 5.28. The van der Waals surface area contributed by atoms with Gasteiger partial charge in [0.15, 0.2) is 0 Å². The first-order chi connectivity index (χ1) is 7.49. The van der Waals surface area contributed by atoms with Crippen molar-refractivity contribution in [2.45, 2.75) is 32.7 Å². The van der Waals surface area contributed by atoms with Crippen LogP contribution < -0.4 is 5.73 Å². The lowest BCUT2D eigenvalue weighted by atomic mass is 10.1. The highest BCUT2D eigenvalue weighted by atomic mass is 16.4. The van der Waals surface area contributed by atoms with Crippen LogP contribution in [0.4, 0.5) is 0 Å². The predicted octanol–water partition coefficient (Wildman–Crippen LogP) is 0.630. The molecule has 0 aliphatic heterocycles. The summed E-state index contributed by atoms with van der Waals surface area (Å²) in [6.45, 7) is 4.20. The van der Waals surface area contributed by atoms with Gasteiger partial charge in [-0.2, -0.15) is 0 Å². The molecule has 0 bridgehead atoms. The quantitative estimate of drug-likeness (QED) is 0.764. The number of hydrogen-bond acceptors (Lipinski definition) is 4. The molecule has 1 aromatic rings. The van der Waals surface area contributed by atoms with Crippen LogP contribution in [-0.4, -0.2) is 27.1 Å². The van der Waals surface area contributed by atoms with Crippen molar-refractivity contribution in [1.82, 2.24) is 9.97 Å². The number of rotatable bonds is 5. The first kappa shape index (κ1) is 12.6. The van der Waals surface area contributed by atoms with Crippen molar-refractivity contribution in [2.24, 2.45) is 11.7 Å². The van der Waals surface area contributed by atoms with Crippen molar-refractivity contribution in [3.05, 3.63) is 23.8 Å². The Bertz CT molecular complexity index is 366. The highest BCUT2D eigenvalue weighted by Crippen LogP contribution is 2.05. The summed E-state index contributed by atoms with van der Waals surface area (Å²) in [7, 11) is 0. The minimum atomic E-state index is -1.03. The van der Waals surface area contributed by atoms with Crippen LogP contribution in [-0.2, 0) is 17.6 Å². The van der Waals surface area contributed by atoms with Gasteiger partial charge in [0.2, 0.25) is 0 Å². The van der Waals surface area contributed by atoms with Gasteiger partial charge in [-0.05, 0) is 18.4 Å². The molecular formula is C11H17N3O2. The molecule has 0 spiro atoms. The zero-order valence-electron chi connectivity index (χ0n) is 9.55. The van der Waals surface area contributed by atoms with E-state index in [4.69, 9.17) is 10.8 Å². The third kappa shape index (κ3) is 3.94. The number of nitrogens with two attached hydrogens (primary N) is 1. The molecule has 5 nitrogen and oxygen atoms in total. The molecule has 1 aromatic heterocycles. The fraction of sp³-hybridized carbons (Fsp3) is 0.545. The normalized spacial score (nSPS) is 12.8. The van der Waals surface area contributed by atoms with E-state index in [2.05, 4.69) is 23.8 Å². The van der Waals surface area contributed by atoms with Gasteiger partial charge >= 0.3 is 5.97 Å². The molecule has 0 aliphatic carbocycles. The van der Waals surface area contributed by atoms with E-state index in [-0.39, 0.29) is 6.42 Å². The van der Waals surface area contributed by atoms with Crippen LogP contribution in [0, 0.1) is 5.92 Å². The van der Waals surface area contributed by atoms with Crippen LogP contribution in [0.2, 0.25) is 0 Å². The second-order valence-electron chi connectivity index (χ2n) is 4.21. The summed E-state index contributed by atoms with van der Waals surface area (Å²) in [5.74, 6) is -0.0261. The minimum absolute atomic E-state index is 0.168. The molecule has 1 unspecified atom stereocenters. The molecule has 0 saturated carbocycles. The van der Waals surface area contributed by atoms with Gasteiger partial charge in [0.05, 0.1) is 0 Å². The number of carboxylic acids is 1. The zero-order valence-corrected chi connectivity index (χ0v) is 9.55. The van der Waals surface area contributed by atoms with Gasteiger partial charge in [-0.25, -0.2) is 9.97 Å². The molecule has 0 amide bonds. The number of hydrogen-bond donors (Lipinski definition) is 2. The Morgan fingerprint density at radius 1 is 1.50 bits per heavy atom. The lowest BCUT2D eigenvalue weighted by Crippen LogP contribution is -2.33. The van der Waals surface area contributed by atoms with Gasteiger partial charge in [0, 0.05) is 18.3 Å². The number of carboxylic acid groups (broad SMARTS) is 1. The Balaban J connectivity index is 2.70. The van der Waals surface area contributed by atoms with E-state index < -0.39 is 12.0 Å². The van der Waals surface area contributed by atoms with E-state index in [0.29, 0.717) is 11.7 Å². The molecule has 3 N–H and O–H groups in total. The van der Waals surface area contributed by atoms with Crippen molar-refractivity contribution in [2.75, 3.05) is 0 Å². The summed E-state index contributed by atoms with van der Waals surface area (Å²) in [6, 6.07) is 0.907. The molecule has 0 radical (unpaired) electrons. The topological polar surface area (TPSA) is 89.1 Å². The summed E-state index contributed by atoms with van der Waals surface area (Å²) in [5, 5.41) is 8.68. The Morgan fingerprint density at radius 2 is 2.19 bits per heavy atom. The van der Waals surface area contributed by atoms with Gasteiger partial charge in [-0.1, -0.05) is 13.8 Å². The Labute approximate surface area is 94.7 Å². The molecule has 0 fully saturated rings. The van der Waals surface area contributed by atoms with E-state index in [1.165, 1.54) is 0 Å². The molecule has 88 valence electrons. The van der Waals surface area contributed by atoms with E-state index in [9.17, 15) is 4.79 Å². The van der Waals surface area contributed by atoms with Crippen molar-refractivity contribution in [1.29, 1.82) is 0 Å². The summed E-state index contributed by atoms with van der Waals surface area (Å²) in [5.41, 5.74) is 6.35. The molecule has 0 saturated heterocycles. The third-order valence-corrected chi connectivity index (χ3v) is 2.10. The lowest BCUT2D eigenvalue weighted by molar-refractivity contribution is -0.138. The van der Waals surface area contributed by atoms with Crippen molar-refractivity contribution in [3.8, 4) is 0 Å². The van der Waals surface area contributed by atoms with Gasteiger partial charge in [-0.15, -0.1) is 0 Å². The predicted molar refractivity (Wildman–Crippen MR) is 59.9 cm³/mol. The standard InChI is InChI=1S/C11H17N3O2/c1-7(2)5-8-3-4-13-10(14-8)6-9(12)11(15)16/h3-4,7,9H,5-6,12H2,1-2H3,(H,15,16). The fourth-order valence-electron chi connectivity index (χ4n) is 1.36. The molecule has 5 heteroatoms. The maximum absolute atomic E-state index is 10.6. The van der Waals surface area contributed by atoms with Gasteiger partial charge < -0.3 is 10.8 Å². The maximum Gasteiger partial charge on any atom is 0.320 e. The van der Waals surface area contributed by atoms with E-state index >= 15 is 0 Å². The highest BCUT2D eigenvalue weighted by molar-refractivity contribution is 5.73. The molecule has 0 aliphatic rings. The number of carbonyl (C=O) groups is 1. The SMILES string of the molecule is CC(C)Cc1ccnc(CC(N)C(=O)O)n1. The monoisotopic (exact) mass is 223 g/mol. The van der Waals surface area contributed by atoms with Gasteiger partial charge in [-0.3, -0.25) is 4.79 Å². The molecule has 1 rings (SSSR count). The Morgan fingerprint density at radius 3 is 2.75 bits per heavy atom. The van der Waals surface area contributed by atoms with Crippen molar-refractivity contribution in [3.63, 3.8) is 0 Å². The summed E-state index contributed by atoms with van der Waals surface area (Å²) >= 11 is 0.